The first kappa shape index (κ1) is 12.1. The molecule has 0 amide bonds. The van der Waals surface area contributed by atoms with E-state index >= 15 is 0 Å². The first-order valence-electron chi connectivity index (χ1n) is 6.09. The van der Waals surface area contributed by atoms with Gasteiger partial charge in [-0.05, 0) is 18.5 Å². The summed E-state index contributed by atoms with van der Waals surface area (Å²) in [6.07, 6.45) is 2.94. The Bertz CT molecular complexity index is 460. The van der Waals surface area contributed by atoms with Crippen molar-refractivity contribution in [3.63, 3.8) is 0 Å². The van der Waals surface area contributed by atoms with Crippen LogP contribution < -0.4 is 0 Å². The molecule has 4 heteroatoms. The van der Waals surface area contributed by atoms with Crippen LogP contribution in [0.2, 0.25) is 0 Å². The number of hydrogen-bond donors (Lipinski definition) is 2. The van der Waals surface area contributed by atoms with E-state index in [1.165, 1.54) is 5.56 Å². The summed E-state index contributed by atoms with van der Waals surface area (Å²) < 4.78 is 0. The van der Waals surface area contributed by atoms with Crippen LogP contribution in [0.1, 0.15) is 18.9 Å². The number of aliphatic hydroxyl groups is 1. The van der Waals surface area contributed by atoms with Crippen molar-refractivity contribution in [1.82, 2.24) is 15.1 Å². The summed E-state index contributed by atoms with van der Waals surface area (Å²) in [4.78, 5) is 2.26. The molecule has 0 radical (unpaired) electrons. The molecule has 2 N–H and O–H groups in total. The lowest BCUT2D eigenvalue weighted by Gasteiger charge is -2.20. The maximum Gasteiger partial charge on any atom is 0.0695 e. The summed E-state index contributed by atoms with van der Waals surface area (Å²) >= 11 is 0. The fraction of sp³-hybridized carbons (Fsp3) is 0.462. The van der Waals surface area contributed by atoms with Crippen molar-refractivity contribution in [3.05, 3.63) is 30.0 Å². The molecule has 4 nitrogen and oxygen atoms in total. The van der Waals surface area contributed by atoms with E-state index in [9.17, 15) is 0 Å². The highest BCUT2D eigenvalue weighted by Crippen LogP contribution is 2.17. The predicted octanol–water partition coefficient (Wildman–Crippen LogP) is 1.77. The van der Waals surface area contributed by atoms with Gasteiger partial charge in [-0.1, -0.05) is 25.1 Å². The molecule has 0 spiro atoms. The number of aromatic nitrogens is 2. The third-order valence-electron chi connectivity index (χ3n) is 2.91. The molecule has 0 saturated heterocycles. The van der Waals surface area contributed by atoms with Gasteiger partial charge in [0.1, 0.15) is 0 Å². The molecule has 0 aliphatic carbocycles. The first-order chi connectivity index (χ1) is 8.35. The molecule has 0 aliphatic rings. The third kappa shape index (κ3) is 2.84. The molecule has 0 aliphatic heterocycles. The summed E-state index contributed by atoms with van der Waals surface area (Å²) in [5.74, 6) is 0. The van der Waals surface area contributed by atoms with E-state index in [1.54, 1.807) is 0 Å². The van der Waals surface area contributed by atoms with E-state index in [0.29, 0.717) is 0 Å². The highest BCUT2D eigenvalue weighted by molar-refractivity contribution is 5.81. The van der Waals surface area contributed by atoms with Gasteiger partial charge in [-0.25, -0.2) is 0 Å². The summed E-state index contributed by atoms with van der Waals surface area (Å²) in [6.45, 7) is 4.94. The summed E-state index contributed by atoms with van der Waals surface area (Å²) in [7, 11) is 0. The second-order valence-corrected chi connectivity index (χ2v) is 4.25. The van der Waals surface area contributed by atoms with Crippen LogP contribution in [0.4, 0.5) is 0 Å². The van der Waals surface area contributed by atoms with Crippen LogP contribution in [0.5, 0.6) is 0 Å². The van der Waals surface area contributed by atoms with Crippen LogP contribution in [0.3, 0.4) is 0 Å². The zero-order valence-corrected chi connectivity index (χ0v) is 10.2. The standard InChI is InChI=1S/C13H19N3O/c1-2-6-16(7-8-17)10-12-5-3-4-11-9-14-15-13(11)12/h3-5,9,17H,2,6-8,10H2,1H3,(H,14,15). The lowest BCUT2D eigenvalue weighted by Crippen LogP contribution is -2.27. The highest BCUT2D eigenvalue weighted by atomic mass is 16.3. The second kappa shape index (κ2) is 5.80. The minimum Gasteiger partial charge on any atom is -0.395 e. The Morgan fingerprint density at radius 3 is 3.00 bits per heavy atom. The van der Waals surface area contributed by atoms with E-state index in [2.05, 4.69) is 40.2 Å². The van der Waals surface area contributed by atoms with Gasteiger partial charge in [-0.2, -0.15) is 5.10 Å². The van der Waals surface area contributed by atoms with Crippen LogP contribution in [0, 0.1) is 0 Å². The van der Waals surface area contributed by atoms with Crippen molar-refractivity contribution in [3.8, 4) is 0 Å². The summed E-state index contributed by atoms with van der Waals surface area (Å²) in [5, 5.41) is 17.3. The van der Waals surface area contributed by atoms with Crippen LogP contribution in [-0.4, -0.2) is 39.9 Å². The monoisotopic (exact) mass is 233 g/mol. The smallest absolute Gasteiger partial charge is 0.0695 e. The largest absolute Gasteiger partial charge is 0.395 e. The minimum absolute atomic E-state index is 0.207. The second-order valence-electron chi connectivity index (χ2n) is 4.25. The van der Waals surface area contributed by atoms with Gasteiger partial charge in [0, 0.05) is 18.5 Å². The zero-order chi connectivity index (χ0) is 12.1. The number of hydrogen-bond acceptors (Lipinski definition) is 3. The summed E-state index contributed by atoms with van der Waals surface area (Å²) in [5.41, 5.74) is 2.34. The van der Waals surface area contributed by atoms with Gasteiger partial charge in [0.05, 0.1) is 18.3 Å². The van der Waals surface area contributed by atoms with Crippen molar-refractivity contribution in [1.29, 1.82) is 0 Å². The van der Waals surface area contributed by atoms with Crippen molar-refractivity contribution in [2.45, 2.75) is 19.9 Å². The van der Waals surface area contributed by atoms with E-state index < -0.39 is 0 Å². The van der Waals surface area contributed by atoms with Gasteiger partial charge in [-0.3, -0.25) is 10.00 Å². The van der Waals surface area contributed by atoms with Gasteiger partial charge < -0.3 is 5.11 Å². The molecule has 2 rings (SSSR count). The molecule has 0 unspecified atom stereocenters. The molecule has 1 aromatic heterocycles. The number of H-pyrrole nitrogens is 1. The average Bonchev–Trinajstić information content (AvgIpc) is 2.79. The number of para-hydroxylation sites is 1. The number of fused-ring (bicyclic) bond motifs is 1. The number of aromatic amines is 1. The number of nitrogens with zero attached hydrogens (tertiary/aromatic N) is 2. The maximum atomic E-state index is 9.05. The van der Waals surface area contributed by atoms with E-state index in [0.717, 1.165) is 37.0 Å². The number of benzene rings is 1. The molecule has 0 atom stereocenters. The van der Waals surface area contributed by atoms with Crippen LogP contribution in [0.15, 0.2) is 24.4 Å². The van der Waals surface area contributed by atoms with Gasteiger partial charge >= 0.3 is 0 Å². The lowest BCUT2D eigenvalue weighted by atomic mass is 10.1. The molecule has 1 heterocycles. The van der Waals surface area contributed by atoms with Crippen molar-refractivity contribution in [2.24, 2.45) is 0 Å². The van der Waals surface area contributed by atoms with Crippen molar-refractivity contribution >= 4 is 10.9 Å². The molecule has 1 aromatic carbocycles. The first-order valence-corrected chi connectivity index (χ1v) is 6.09. The quantitative estimate of drug-likeness (QED) is 0.799. The fourth-order valence-electron chi connectivity index (χ4n) is 2.13. The predicted molar refractivity (Wildman–Crippen MR) is 68.7 cm³/mol. The molecular weight excluding hydrogens is 214 g/mol. The summed E-state index contributed by atoms with van der Waals surface area (Å²) in [6, 6.07) is 6.22. The molecular formula is C13H19N3O. The Morgan fingerprint density at radius 1 is 1.35 bits per heavy atom. The average molecular weight is 233 g/mol. The zero-order valence-electron chi connectivity index (χ0n) is 10.2. The molecule has 0 fully saturated rings. The molecule has 0 bridgehead atoms. The molecule has 2 aromatic rings. The van der Waals surface area contributed by atoms with Gasteiger partial charge in [0.15, 0.2) is 0 Å². The third-order valence-corrected chi connectivity index (χ3v) is 2.91. The normalized spacial score (nSPS) is 11.5. The van der Waals surface area contributed by atoms with Crippen LogP contribution >= 0.6 is 0 Å². The van der Waals surface area contributed by atoms with Crippen LogP contribution in [0.25, 0.3) is 10.9 Å². The highest BCUT2D eigenvalue weighted by Gasteiger charge is 2.08. The number of nitrogens with one attached hydrogen (secondary N) is 1. The number of rotatable bonds is 6. The molecule has 92 valence electrons. The topological polar surface area (TPSA) is 52.1 Å². The Labute approximate surface area is 101 Å². The Kier molecular flexibility index (Phi) is 4.12. The molecule has 0 saturated carbocycles. The van der Waals surface area contributed by atoms with Crippen molar-refractivity contribution in [2.75, 3.05) is 19.7 Å². The lowest BCUT2D eigenvalue weighted by molar-refractivity contribution is 0.191. The molecule has 17 heavy (non-hydrogen) atoms. The van der Waals surface area contributed by atoms with Gasteiger partial charge in [0.25, 0.3) is 0 Å². The number of aliphatic hydroxyl groups excluding tert-OH is 1. The van der Waals surface area contributed by atoms with E-state index in [4.69, 9.17) is 5.11 Å². The minimum atomic E-state index is 0.207. The van der Waals surface area contributed by atoms with E-state index in [-0.39, 0.29) is 6.61 Å². The SMILES string of the molecule is CCCN(CCO)Cc1cccc2cn[nH]c12. The van der Waals surface area contributed by atoms with Crippen LogP contribution in [-0.2, 0) is 6.54 Å². The Morgan fingerprint density at radius 2 is 2.24 bits per heavy atom. The fourth-order valence-corrected chi connectivity index (χ4v) is 2.13. The van der Waals surface area contributed by atoms with Crippen molar-refractivity contribution < 1.29 is 5.11 Å². The maximum absolute atomic E-state index is 9.05. The van der Waals surface area contributed by atoms with Gasteiger partial charge in [-0.15, -0.1) is 0 Å². The Hall–Kier alpha value is -1.39. The Balaban J connectivity index is 2.18. The van der Waals surface area contributed by atoms with E-state index in [1.807, 2.05) is 6.20 Å². The van der Waals surface area contributed by atoms with Gasteiger partial charge in [0.2, 0.25) is 0 Å².